The highest BCUT2D eigenvalue weighted by molar-refractivity contribution is 6.19. The lowest BCUT2D eigenvalue weighted by Crippen LogP contribution is -2.43. The van der Waals surface area contributed by atoms with Gasteiger partial charge in [0, 0.05) is 25.3 Å². The van der Waals surface area contributed by atoms with Gasteiger partial charge in [0.25, 0.3) is 11.8 Å². The molecule has 0 fully saturated rings. The van der Waals surface area contributed by atoms with Crippen molar-refractivity contribution < 1.29 is 23.5 Å². The van der Waals surface area contributed by atoms with E-state index in [9.17, 15) is 19.2 Å². The molecule has 0 spiro atoms. The van der Waals surface area contributed by atoms with Gasteiger partial charge in [0.1, 0.15) is 29.8 Å². The van der Waals surface area contributed by atoms with Crippen LogP contribution in [0.3, 0.4) is 0 Å². The van der Waals surface area contributed by atoms with E-state index in [-0.39, 0.29) is 17.9 Å². The van der Waals surface area contributed by atoms with Crippen molar-refractivity contribution in [3.8, 4) is 11.8 Å². The van der Waals surface area contributed by atoms with Gasteiger partial charge in [-0.25, -0.2) is 4.39 Å². The fraction of sp³-hybridized carbons (Fsp3) is 0.269. The molecule has 1 heterocycles. The fourth-order valence-electron chi connectivity index (χ4n) is 3.38. The van der Waals surface area contributed by atoms with Gasteiger partial charge in [0.2, 0.25) is 0 Å². The van der Waals surface area contributed by atoms with E-state index in [1.54, 1.807) is 49.4 Å². The van der Waals surface area contributed by atoms with E-state index in [4.69, 9.17) is 9.47 Å². The molecule has 0 saturated heterocycles. The summed E-state index contributed by atoms with van der Waals surface area (Å²) in [4.78, 5) is 26.7. The minimum atomic E-state index is -0.571. The molecule has 0 aromatic heterocycles. The third kappa shape index (κ3) is 5.93. The zero-order chi connectivity index (χ0) is 23.8. The van der Waals surface area contributed by atoms with Crippen LogP contribution >= 0.6 is 0 Å². The van der Waals surface area contributed by atoms with E-state index in [2.05, 4.69) is 0 Å². The fourth-order valence-corrected chi connectivity index (χ4v) is 3.38. The van der Waals surface area contributed by atoms with E-state index in [1.165, 1.54) is 12.1 Å². The van der Waals surface area contributed by atoms with Gasteiger partial charge in [-0.05, 0) is 67.3 Å². The smallest absolute Gasteiger partial charge is 0.271 e. The number of carbonyl (C=O) groups excluding carboxylic acids is 2. The van der Waals surface area contributed by atoms with Crippen LogP contribution in [0.25, 0.3) is 6.08 Å². The highest BCUT2D eigenvalue weighted by Gasteiger charge is 2.35. The summed E-state index contributed by atoms with van der Waals surface area (Å²) in [6.45, 7) is 4.94. The number of hydrogen-bond acceptors (Lipinski definition) is 5. The molecule has 0 saturated carbocycles. The average molecular weight is 448 g/mol. The summed E-state index contributed by atoms with van der Waals surface area (Å²) < 4.78 is 24.0. The Labute approximate surface area is 192 Å². The van der Waals surface area contributed by atoms with E-state index in [0.29, 0.717) is 43.1 Å². The van der Waals surface area contributed by atoms with Crippen molar-refractivity contribution in [2.24, 2.45) is 0 Å². The van der Waals surface area contributed by atoms with Crippen LogP contribution in [0.5, 0.6) is 5.75 Å². The molecule has 6 nitrogen and oxygen atoms in total. The molecule has 0 N–H and O–H groups in total. The number of rotatable bonds is 9. The van der Waals surface area contributed by atoms with Gasteiger partial charge in [0.05, 0.1) is 0 Å². The SMILES string of the molecule is CCOCCCN1C(=O)C(C#N)=C(C)/C(=C\c2ccc(OCc3ccc(F)cc3)cc2)C1=O. The third-order valence-corrected chi connectivity index (χ3v) is 5.21. The molecule has 0 atom stereocenters. The predicted octanol–water partition coefficient (Wildman–Crippen LogP) is 4.42. The molecule has 2 aromatic rings. The second-order valence-corrected chi connectivity index (χ2v) is 7.47. The van der Waals surface area contributed by atoms with Gasteiger partial charge in [-0.1, -0.05) is 24.3 Å². The Bertz CT molecular complexity index is 1110. The molecule has 2 amide bonds. The predicted molar refractivity (Wildman–Crippen MR) is 121 cm³/mol. The molecule has 1 aliphatic rings. The number of hydrogen-bond donors (Lipinski definition) is 0. The van der Waals surface area contributed by atoms with Gasteiger partial charge in [-0.3, -0.25) is 14.5 Å². The Morgan fingerprint density at radius 3 is 2.39 bits per heavy atom. The molecule has 170 valence electrons. The summed E-state index contributed by atoms with van der Waals surface area (Å²) in [6.07, 6.45) is 2.16. The summed E-state index contributed by atoms with van der Waals surface area (Å²) in [5.41, 5.74) is 2.21. The lowest BCUT2D eigenvalue weighted by atomic mass is 9.93. The van der Waals surface area contributed by atoms with Crippen molar-refractivity contribution >= 4 is 17.9 Å². The molecule has 2 aromatic carbocycles. The monoisotopic (exact) mass is 448 g/mol. The van der Waals surface area contributed by atoms with E-state index >= 15 is 0 Å². The van der Waals surface area contributed by atoms with Crippen molar-refractivity contribution in [1.29, 1.82) is 5.26 Å². The molecule has 0 aliphatic carbocycles. The summed E-state index contributed by atoms with van der Waals surface area (Å²) in [5, 5.41) is 9.48. The van der Waals surface area contributed by atoms with Crippen LogP contribution < -0.4 is 4.74 Å². The van der Waals surface area contributed by atoms with Crippen LogP contribution in [0.4, 0.5) is 4.39 Å². The molecular weight excluding hydrogens is 423 g/mol. The Balaban J connectivity index is 1.76. The number of ether oxygens (including phenoxy) is 2. The van der Waals surface area contributed by atoms with Gasteiger partial charge < -0.3 is 9.47 Å². The topological polar surface area (TPSA) is 79.6 Å². The van der Waals surface area contributed by atoms with Gasteiger partial charge in [-0.2, -0.15) is 5.26 Å². The molecular formula is C26H25FN2O4. The standard InChI is InChI=1S/C26H25FN2O4/c1-3-32-14-4-13-29-25(30)23(18(2)24(16-28)26(29)31)15-19-7-11-22(12-8-19)33-17-20-5-9-21(27)10-6-20/h5-12,15H,3-4,13-14,17H2,1-2H3/b23-15+. The molecule has 3 rings (SSSR count). The Morgan fingerprint density at radius 2 is 1.76 bits per heavy atom. The molecule has 0 bridgehead atoms. The number of halogens is 1. The maximum atomic E-state index is 13.0. The van der Waals surface area contributed by atoms with Crippen LogP contribution in [0.2, 0.25) is 0 Å². The number of carbonyl (C=O) groups is 2. The van der Waals surface area contributed by atoms with Crippen LogP contribution in [0, 0.1) is 17.1 Å². The second kappa shape index (κ2) is 11.2. The van der Waals surface area contributed by atoms with Crippen LogP contribution in [0.15, 0.2) is 65.3 Å². The molecule has 7 heteroatoms. The van der Waals surface area contributed by atoms with Crippen LogP contribution in [-0.2, 0) is 20.9 Å². The highest BCUT2D eigenvalue weighted by atomic mass is 19.1. The lowest BCUT2D eigenvalue weighted by molar-refractivity contribution is -0.140. The maximum Gasteiger partial charge on any atom is 0.271 e. The first-order valence-corrected chi connectivity index (χ1v) is 10.7. The highest BCUT2D eigenvalue weighted by Crippen LogP contribution is 2.27. The third-order valence-electron chi connectivity index (χ3n) is 5.21. The minimum Gasteiger partial charge on any atom is -0.489 e. The quantitative estimate of drug-likeness (QED) is 0.322. The van der Waals surface area contributed by atoms with Crippen LogP contribution in [-0.4, -0.2) is 36.5 Å². The molecule has 0 unspecified atom stereocenters. The first kappa shape index (κ1) is 23.9. The number of nitriles is 1. The molecule has 33 heavy (non-hydrogen) atoms. The minimum absolute atomic E-state index is 0.0310. The summed E-state index contributed by atoms with van der Waals surface area (Å²) >= 11 is 0. The number of nitrogens with zero attached hydrogens (tertiary/aromatic N) is 2. The van der Waals surface area contributed by atoms with Crippen molar-refractivity contribution in [3.05, 3.63) is 82.2 Å². The zero-order valence-corrected chi connectivity index (χ0v) is 18.6. The number of benzene rings is 2. The van der Waals surface area contributed by atoms with E-state index < -0.39 is 11.8 Å². The molecule has 0 radical (unpaired) electrons. The van der Waals surface area contributed by atoms with E-state index in [0.717, 1.165) is 16.0 Å². The first-order valence-electron chi connectivity index (χ1n) is 10.7. The molecule has 1 aliphatic heterocycles. The largest absolute Gasteiger partial charge is 0.489 e. The van der Waals surface area contributed by atoms with Crippen LogP contribution in [0.1, 0.15) is 31.4 Å². The average Bonchev–Trinajstić information content (AvgIpc) is 2.82. The Hall–Kier alpha value is -3.76. The normalized spacial score (nSPS) is 15.2. The van der Waals surface area contributed by atoms with Crippen molar-refractivity contribution in [2.75, 3.05) is 19.8 Å². The van der Waals surface area contributed by atoms with E-state index in [1.807, 2.05) is 13.0 Å². The van der Waals surface area contributed by atoms with Crippen molar-refractivity contribution in [2.45, 2.75) is 26.9 Å². The van der Waals surface area contributed by atoms with Crippen molar-refractivity contribution in [3.63, 3.8) is 0 Å². The lowest BCUT2D eigenvalue weighted by Gasteiger charge is -2.27. The van der Waals surface area contributed by atoms with Gasteiger partial charge >= 0.3 is 0 Å². The Kier molecular flexibility index (Phi) is 8.11. The van der Waals surface area contributed by atoms with Gasteiger partial charge in [0.15, 0.2) is 0 Å². The Morgan fingerprint density at radius 1 is 1.06 bits per heavy atom. The number of imide groups is 1. The second-order valence-electron chi connectivity index (χ2n) is 7.47. The summed E-state index contributed by atoms with van der Waals surface area (Å²) in [7, 11) is 0. The van der Waals surface area contributed by atoms with Gasteiger partial charge in [-0.15, -0.1) is 0 Å². The maximum absolute atomic E-state index is 13.0. The summed E-state index contributed by atoms with van der Waals surface area (Å²) in [5.74, 6) is -0.677. The zero-order valence-electron chi connectivity index (χ0n) is 18.6. The number of amides is 2. The van der Waals surface area contributed by atoms with Crippen molar-refractivity contribution in [1.82, 2.24) is 4.90 Å². The summed E-state index contributed by atoms with van der Waals surface area (Å²) in [6, 6.07) is 15.1. The first-order chi connectivity index (χ1) is 15.9.